The van der Waals surface area contributed by atoms with Crippen LogP contribution in [0.5, 0.6) is 0 Å². The number of hydrogen-bond donors (Lipinski definition) is 1. The zero-order chi connectivity index (χ0) is 19.4. The van der Waals surface area contributed by atoms with Gasteiger partial charge in [0.2, 0.25) is 0 Å². The average Bonchev–Trinajstić information content (AvgIpc) is 2.94. The largest absolute Gasteiger partial charge is 0.379 e. The van der Waals surface area contributed by atoms with Gasteiger partial charge in [0.05, 0.1) is 18.8 Å². The van der Waals surface area contributed by atoms with Crippen molar-refractivity contribution in [3.8, 4) is 11.1 Å². The Bertz CT molecular complexity index is 810. The van der Waals surface area contributed by atoms with E-state index in [4.69, 9.17) is 10.5 Å². The van der Waals surface area contributed by atoms with Crippen molar-refractivity contribution in [3.05, 3.63) is 47.0 Å². The van der Waals surface area contributed by atoms with E-state index in [1.54, 1.807) is 6.07 Å². The van der Waals surface area contributed by atoms with Crippen LogP contribution in [0.1, 0.15) is 35.1 Å². The highest BCUT2D eigenvalue weighted by atomic mass is 19.1. The summed E-state index contributed by atoms with van der Waals surface area (Å²) in [5, 5.41) is 0. The predicted octanol–water partition coefficient (Wildman–Crippen LogP) is 2.99. The Morgan fingerprint density at radius 2 is 2.00 bits per heavy atom. The number of hydrogen-bond acceptors (Lipinski definition) is 3. The molecule has 27 heavy (non-hydrogen) atoms. The Balaban J connectivity index is 1.91. The molecule has 0 bridgehead atoms. The van der Waals surface area contributed by atoms with E-state index in [1.807, 2.05) is 13.0 Å². The molecule has 3 rings (SSSR count). The molecular formula is C21H28FN3O2. The second kappa shape index (κ2) is 8.67. The first kappa shape index (κ1) is 19.6. The van der Waals surface area contributed by atoms with Crippen LogP contribution in [-0.4, -0.2) is 48.2 Å². The molecule has 5 nitrogen and oxygen atoms in total. The molecule has 0 aliphatic carbocycles. The summed E-state index contributed by atoms with van der Waals surface area (Å²) in [6.45, 7) is 9.29. The van der Waals surface area contributed by atoms with E-state index in [2.05, 4.69) is 16.4 Å². The van der Waals surface area contributed by atoms with Crippen LogP contribution in [0.15, 0.2) is 24.3 Å². The van der Waals surface area contributed by atoms with Gasteiger partial charge in [-0.3, -0.25) is 9.69 Å². The van der Waals surface area contributed by atoms with E-state index in [0.717, 1.165) is 69.2 Å². The normalized spacial score (nSPS) is 15.2. The van der Waals surface area contributed by atoms with E-state index in [-0.39, 0.29) is 5.82 Å². The molecule has 0 radical (unpaired) electrons. The first-order valence-electron chi connectivity index (χ1n) is 9.60. The summed E-state index contributed by atoms with van der Waals surface area (Å²) in [5.74, 6) is -0.781. The standard InChI is InChI=1S/C21H28FN3O2/c1-3-18-20(16-6-4-7-17(22)14-16)19(21(23)26)15(2)25(18)9-5-8-24-10-12-27-13-11-24/h4,6-7,14H,3,5,8-13H2,1-2H3,(H2,23,26). The third-order valence-corrected chi connectivity index (χ3v) is 5.29. The zero-order valence-electron chi connectivity index (χ0n) is 16.1. The molecule has 2 aromatic rings. The minimum absolute atomic E-state index is 0.317. The van der Waals surface area contributed by atoms with Gasteiger partial charge in [-0.05, 0) is 37.5 Å². The van der Waals surface area contributed by atoms with Crippen molar-refractivity contribution >= 4 is 5.91 Å². The van der Waals surface area contributed by atoms with Crippen LogP contribution in [0, 0.1) is 12.7 Å². The highest BCUT2D eigenvalue weighted by molar-refractivity contribution is 6.02. The van der Waals surface area contributed by atoms with Crippen molar-refractivity contribution in [1.29, 1.82) is 0 Å². The van der Waals surface area contributed by atoms with Crippen LogP contribution < -0.4 is 5.73 Å². The first-order valence-corrected chi connectivity index (χ1v) is 9.60. The fourth-order valence-electron chi connectivity index (χ4n) is 4.00. The summed E-state index contributed by atoms with van der Waals surface area (Å²) in [5.41, 5.74) is 9.58. The Morgan fingerprint density at radius 1 is 1.26 bits per heavy atom. The highest BCUT2D eigenvalue weighted by Gasteiger charge is 2.24. The lowest BCUT2D eigenvalue weighted by molar-refractivity contribution is 0.0369. The molecule has 0 spiro atoms. The smallest absolute Gasteiger partial charge is 0.251 e. The molecule has 2 heterocycles. The number of carbonyl (C=O) groups excluding carboxylic acids is 1. The van der Waals surface area contributed by atoms with Gasteiger partial charge >= 0.3 is 0 Å². The summed E-state index contributed by atoms with van der Waals surface area (Å²) < 4.78 is 21.4. The third-order valence-electron chi connectivity index (χ3n) is 5.29. The van der Waals surface area contributed by atoms with Crippen LogP contribution in [0.2, 0.25) is 0 Å². The Labute approximate surface area is 159 Å². The second-order valence-electron chi connectivity index (χ2n) is 6.97. The van der Waals surface area contributed by atoms with E-state index < -0.39 is 5.91 Å². The number of carbonyl (C=O) groups is 1. The summed E-state index contributed by atoms with van der Waals surface area (Å²) in [7, 11) is 0. The summed E-state index contributed by atoms with van der Waals surface area (Å²) in [6.07, 6.45) is 1.72. The van der Waals surface area contributed by atoms with Crippen molar-refractivity contribution in [2.75, 3.05) is 32.8 Å². The summed E-state index contributed by atoms with van der Waals surface area (Å²) in [4.78, 5) is 14.6. The number of amides is 1. The van der Waals surface area contributed by atoms with Gasteiger partial charge < -0.3 is 15.0 Å². The lowest BCUT2D eigenvalue weighted by atomic mass is 9.99. The van der Waals surface area contributed by atoms with Crippen LogP contribution in [-0.2, 0) is 17.7 Å². The molecule has 2 N–H and O–H groups in total. The number of benzene rings is 1. The number of ether oxygens (including phenoxy) is 1. The minimum atomic E-state index is -0.464. The number of nitrogens with two attached hydrogens (primary N) is 1. The minimum Gasteiger partial charge on any atom is -0.379 e. The van der Waals surface area contributed by atoms with Crippen LogP contribution in [0.4, 0.5) is 4.39 Å². The number of morpholine rings is 1. The van der Waals surface area contributed by atoms with Crippen molar-refractivity contribution in [3.63, 3.8) is 0 Å². The lowest BCUT2D eigenvalue weighted by Crippen LogP contribution is -2.37. The van der Waals surface area contributed by atoms with E-state index in [0.29, 0.717) is 11.1 Å². The van der Waals surface area contributed by atoms with E-state index >= 15 is 0 Å². The zero-order valence-corrected chi connectivity index (χ0v) is 16.1. The van der Waals surface area contributed by atoms with Crippen molar-refractivity contribution in [2.45, 2.75) is 33.2 Å². The number of halogens is 1. The second-order valence-corrected chi connectivity index (χ2v) is 6.97. The lowest BCUT2D eigenvalue weighted by Gasteiger charge is -2.26. The van der Waals surface area contributed by atoms with Crippen molar-refractivity contribution in [2.24, 2.45) is 5.73 Å². The summed E-state index contributed by atoms with van der Waals surface area (Å²) >= 11 is 0. The van der Waals surface area contributed by atoms with E-state index in [9.17, 15) is 9.18 Å². The quantitative estimate of drug-likeness (QED) is 0.812. The molecule has 1 aromatic heterocycles. The molecule has 1 amide bonds. The monoisotopic (exact) mass is 373 g/mol. The van der Waals surface area contributed by atoms with E-state index in [1.165, 1.54) is 12.1 Å². The fraction of sp³-hybridized carbons (Fsp3) is 0.476. The molecule has 0 saturated carbocycles. The molecule has 0 atom stereocenters. The molecule has 6 heteroatoms. The maximum Gasteiger partial charge on any atom is 0.251 e. The van der Waals surface area contributed by atoms with Gasteiger partial charge in [-0.1, -0.05) is 19.1 Å². The maximum absolute atomic E-state index is 13.8. The molecular weight excluding hydrogens is 345 g/mol. The van der Waals surface area contributed by atoms with Crippen LogP contribution >= 0.6 is 0 Å². The molecule has 1 aromatic carbocycles. The third kappa shape index (κ3) is 4.22. The number of rotatable bonds is 7. The van der Waals surface area contributed by atoms with Crippen molar-refractivity contribution < 1.29 is 13.9 Å². The average molecular weight is 373 g/mol. The van der Waals surface area contributed by atoms with Crippen LogP contribution in [0.3, 0.4) is 0 Å². The van der Waals surface area contributed by atoms with Gasteiger partial charge in [0.1, 0.15) is 5.82 Å². The molecule has 146 valence electrons. The number of primary amides is 1. The maximum atomic E-state index is 13.8. The first-order chi connectivity index (χ1) is 13.0. The topological polar surface area (TPSA) is 60.5 Å². The molecule has 0 unspecified atom stereocenters. The number of aromatic nitrogens is 1. The molecule has 1 aliphatic rings. The fourth-order valence-corrected chi connectivity index (χ4v) is 4.00. The van der Waals surface area contributed by atoms with Gasteiger partial charge in [-0.15, -0.1) is 0 Å². The Kier molecular flexibility index (Phi) is 6.29. The molecule has 1 aliphatic heterocycles. The van der Waals surface area contributed by atoms with Gasteiger partial charge in [-0.2, -0.15) is 0 Å². The summed E-state index contributed by atoms with van der Waals surface area (Å²) in [6, 6.07) is 6.38. The van der Waals surface area contributed by atoms with Gasteiger partial charge in [0, 0.05) is 43.1 Å². The van der Waals surface area contributed by atoms with Gasteiger partial charge in [0.15, 0.2) is 0 Å². The SMILES string of the molecule is CCc1c(-c2cccc(F)c2)c(C(N)=O)c(C)n1CCCN1CCOCC1. The van der Waals surface area contributed by atoms with Crippen molar-refractivity contribution in [1.82, 2.24) is 9.47 Å². The highest BCUT2D eigenvalue weighted by Crippen LogP contribution is 2.33. The van der Waals surface area contributed by atoms with Gasteiger partial charge in [-0.25, -0.2) is 4.39 Å². The molecule has 1 fully saturated rings. The van der Waals surface area contributed by atoms with Gasteiger partial charge in [0.25, 0.3) is 5.91 Å². The van der Waals surface area contributed by atoms with Crippen LogP contribution in [0.25, 0.3) is 11.1 Å². The number of nitrogens with zero attached hydrogens (tertiary/aromatic N) is 2. The Hall–Kier alpha value is -2.18. The Morgan fingerprint density at radius 3 is 2.63 bits per heavy atom. The predicted molar refractivity (Wildman–Crippen MR) is 104 cm³/mol. The molecule has 1 saturated heterocycles.